The van der Waals surface area contributed by atoms with Crippen LogP contribution in [0.5, 0.6) is 5.88 Å². The monoisotopic (exact) mass is 453 g/mol. The number of rotatable bonds is 5. The van der Waals surface area contributed by atoms with E-state index in [1.54, 1.807) is 7.11 Å². The van der Waals surface area contributed by atoms with E-state index in [2.05, 4.69) is 45.2 Å². The van der Waals surface area contributed by atoms with E-state index in [0.29, 0.717) is 18.1 Å². The second-order valence-electron chi connectivity index (χ2n) is 5.94. The van der Waals surface area contributed by atoms with Crippen LogP contribution in [0, 0.1) is 5.92 Å². The van der Waals surface area contributed by atoms with Gasteiger partial charge in [-0.1, -0.05) is 0 Å². The molecule has 3 nitrogen and oxygen atoms in total. The Kier molecular flexibility index (Phi) is 6.09. The summed E-state index contributed by atoms with van der Waals surface area (Å²) in [5.74, 6) is 1.09. The molecule has 0 radical (unpaired) electrons. The van der Waals surface area contributed by atoms with Gasteiger partial charge in [0.2, 0.25) is 0 Å². The fraction of sp³-hybridized carbons (Fsp3) is 0.368. The van der Waals surface area contributed by atoms with Gasteiger partial charge >= 0.3 is 158 Å². The summed E-state index contributed by atoms with van der Waals surface area (Å²) >= 11 is 3.77. The molecule has 1 aromatic heterocycles. The van der Waals surface area contributed by atoms with Crippen molar-refractivity contribution < 1.29 is 9.53 Å². The number of carbonyl (C=O) groups excluding carboxylic acids is 1. The molecule has 126 valence electrons. The predicted molar refractivity (Wildman–Crippen MR) is 100 cm³/mol. The van der Waals surface area contributed by atoms with E-state index in [4.69, 9.17) is 4.74 Å². The molecule has 1 fully saturated rings. The van der Waals surface area contributed by atoms with Gasteiger partial charge in [0.15, 0.2) is 0 Å². The van der Waals surface area contributed by atoms with Gasteiger partial charge in [-0.05, 0) is 0 Å². The van der Waals surface area contributed by atoms with Gasteiger partial charge in [0.1, 0.15) is 0 Å². The number of ether oxygens (including phenoxy) is 1. The third-order valence-corrected chi connectivity index (χ3v) is 7.75. The number of carbonyl (C=O) groups is 1. The molecule has 2 aromatic rings. The fourth-order valence-electron chi connectivity index (χ4n) is 3.03. The zero-order chi connectivity index (χ0) is 16.9. The Labute approximate surface area is 157 Å². The Morgan fingerprint density at radius 3 is 2.75 bits per heavy atom. The van der Waals surface area contributed by atoms with Gasteiger partial charge in [-0.25, -0.2) is 0 Å². The third kappa shape index (κ3) is 4.27. The number of hydrogen-bond donors (Lipinski definition) is 0. The van der Waals surface area contributed by atoms with Crippen molar-refractivity contribution >= 4 is 41.1 Å². The molecule has 0 spiro atoms. The van der Waals surface area contributed by atoms with E-state index in [1.165, 1.54) is 4.46 Å². The molecule has 1 heterocycles. The first-order valence-corrected chi connectivity index (χ1v) is 10.8. The first kappa shape index (κ1) is 17.7. The Balaban J connectivity index is 1.71. The molecule has 2 atom stereocenters. The number of hydrogen-bond acceptors (Lipinski definition) is 3. The second kappa shape index (κ2) is 8.28. The third-order valence-electron chi connectivity index (χ3n) is 4.30. The van der Waals surface area contributed by atoms with Gasteiger partial charge in [-0.3, -0.25) is 0 Å². The van der Waals surface area contributed by atoms with E-state index in [-0.39, 0.29) is 25.7 Å². The van der Waals surface area contributed by atoms with Crippen LogP contribution in [-0.4, -0.2) is 32.8 Å². The number of halogens is 1. The van der Waals surface area contributed by atoms with E-state index in [9.17, 15) is 4.79 Å². The second-order valence-corrected chi connectivity index (χ2v) is 9.47. The van der Waals surface area contributed by atoms with Gasteiger partial charge in [-0.15, -0.1) is 0 Å². The molecule has 1 aromatic carbocycles. The van der Waals surface area contributed by atoms with Gasteiger partial charge in [0.05, 0.1) is 0 Å². The Hall–Kier alpha value is -1.16. The van der Waals surface area contributed by atoms with Crippen molar-refractivity contribution in [2.24, 2.45) is 5.92 Å². The quantitative estimate of drug-likeness (QED) is 0.650. The number of Topliss-reactive ketones (excluding diaryl/α,β-unsaturated/α-hetero) is 1. The number of benzene rings is 1. The molecule has 24 heavy (non-hydrogen) atoms. The van der Waals surface area contributed by atoms with Crippen LogP contribution in [0.4, 0.5) is 0 Å². The van der Waals surface area contributed by atoms with Gasteiger partial charge in [0, 0.05) is 0 Å². The van der Waals surface area contributed by atoms with E-state index in [0.717, 1.165) is 29.4 Å². The molecule has 1 aliphatic rings. The molecule has 0 aliphatic heterocycles. The fourth-order valence-corrected chi connectivity index (χ4v) is 6.01. The first-order chi connectivity index (χ1) is 11.7. The number of ketones is 1. The van der Waals surface area contributed by atoms with Crippen LogP contribution in [-0.2, 0) is 11.2 Å². The normalized spacial score (nSPS) is 20.8. The van der Waals surface area contributed by atoms with Crippen LogP contribution in [0.25, 0.3) is 0 Å². The molecule has 1 saturated carbocycles. The first-order valence-electron chi connectivity index (χ1n) is 8.12. The van der Waals surface area contributed by atoms with Crippen molar-refractivity contribution in [3.05, 3.63) is 52.6 Å². The minimum absolute atomic E-state index is 0.0743. The van der Waals surface area contributed by atoms with E-state index >= 15 is 0 Å². The van der Waals surface area contributed by atoms with Crippen molar-refractivity contribution in [1.29, 1.82) is 0 Å². The van der Waals surface area contributed by atoms with Gasteiger partial charge in [-0.2, -0.15) is 0 Å². The summed E-state index contributed by atoms with van der Waals surface area (Å²) in [6.07, 6.45) is 3.80. The number of aromatic nitrogens is 1. The molecule has 0 saturated heterocycles. The Morgan fingerprint density at radius 2 is 2.00 bits per heavy atom. The summed E-state index contributed by atoms with van der Waals surface area (Å²) in [4.78, 5) is 17.7. The number of nitrogens with zero attached hydrogens (tertiary/aromatic N) is 1. The van der Waals surface area contributed by atoms with Crippen molar-refractivity contribution in [3.63, 3.8) is 0 Å². The van der Waals surface area contributed by atoms with Crippen LogP contribution in [0.15, 0.2) is 46.9 Å². The summed E-state index contributed by atoms with van der Waals surface area (Å²) in [5.41, 5.74) is 0.917. The molecule has 3 rings (SSSR count). The van der Waals surface area contributed by atoms with E-state index < -0.39 is 0 Å². The van der Waals surface area contributed by atoms with Crippen LogP contribution in [0.1, 0.15) is 25.0 Å². The zero-order valence-corrected chi connectivity index (χ0v) is 16.9. The topological polar surface area (TPSA) is 39.2 Å². The van der Waals surface area contributed by atoms with Crippen LogP contribution >= 0.6 is 15.9 Å². The number of pyridine rings is 1. The SMILES string of the molecule is COc1ccc(Br)c(C[C@H]2CCC[C@@H]([Se]c3ccccc3)C2=O)n1. The van der Waals surface area contributed by atoms with Crippen molar-refractivity contribution in [3.8, 4) is 5.88 Å². The van der Waals surface area contributed by atoms with Crippen LogP contribution < -0.4 is 9.20 Å². The maximum absolute atomic E-state index is 12.9. The van der Waals surface area contributed by atoms with Crippen molar-refractivity contribution in [2.45, 2.75) is 30.5 Å². The van der Waals surface area contributed by atoms with Crippen molar-refractivity contribution in [1.82, 2.24) is 4.98 Å². The molecule has 1 aliphatic carbocycles. The molecule has 5 heteroatoms. The standard InChI is InChI=1S/C19H20BrNO2Se/c1-23-18-11-10-15(20)16(21-18)12-13-6-5-9-17(19(13)22)24-14-7-3-2-4-8-14/h2-4,7-8,10-11,13,17H,5-6,9,12H2,1H3/t13-,17-/m1/s1. The average molecular weight is 453 g/mol. The molecule has 0 bridgehead atoms. The summed E-state index contributed by atoms with van der Waals surface area (Å²) in [6.45, 7) is 0. The van der Waals surface area contributed by atoms with Crippen molar-refractivity contribution in [2.75, 3.05) is 7.11 Å². The van der Waals surface area contributed by atoms with Gasteiger partial charge < -0.3 is 0 Å². The molecule has 0 amide bonds. The summed E-state index contributed by atoms with van der Waals surface area (Å²) < 4.78 is 7.47. The molecule has 0 N–H and O–H groups in total. The summed E-state index contributed by atoms with van der Waals surface area (Å²) in [7, 11) is 1.62. The molecular weight excluding hydrogens is 433 g/mol. The van der Waals surface area contributed by atoms with E-state index in [1.807, 2.05) is 18.2 Å². The Morgan fingerprint density at radius 1 is 1.21 bits per heavy atom. The number of methoxy groups -OCH3 is 1. The van der Waals surface area contributed by atoms with Gasteiger partial charge in [0.25, 0.3) is 0 Å². The maximum atomic E-state index is 12.9. The minimum atomic E-state index is 0.0743. The molecular formula is C19H20BrNO2Se. The van der Waals surface area contributed by atoms with Crippen LogP contribution in [0.2, 0.25) is 4.82 Å². The Bertz CT molecular complexity index is 708. The summed E-state index contributed by atoms with van der Waals surface area (Å²) in [5, 5.41) is 0. The average Bonchev–Trinajstić information content (AvgIpc) is 2.61. The molecule has 0 unspecified atom stereocenters. The summed E-state index contributed by atoms with van der Waals surface area (Å²) in [6, 6.07) is 14.2. The van der Waals surface area contributed by atoms with Crippen LogP contribution in [0.3, 0.4) is 0 Å². The zero-order valence-electron chi connectivity index (χ0n) is 13.6. The predicted octanol–water partition coefficient (Wildman–Crippen LogP) is 3.58.